The fourth-order valence-corrected chi connectivity index (χ4v) is 1.25. The van der Waals surface area contributed by atoms with Crippen molar-refractivity contribution in [1.82, 2.24) is 5.32 Å². The van der Waals surface area contributed by atoms with Crippen molar-refractivity contribution < 1.29 is 14.7 Å². The molecule has 1 aromatic rings. The second-order valence-corrected chi connectivity index (χ2v) is 4.29. The molecule has 0 aliphatic carbocycles. The number of rotatable bonds is 3. The zero-order valence-corrected chi connectivity index (χ0v) is 10.2. The van der Waals surface area contributed by atoms with Crippen molar-refractivity contribution in [3.63, 3.8) is 0 Å². The third kappa shape index (κ3) is 3.50. The number of halogens is 1. The molecule has 1 aromatic carbocycles. The van der Waals surface area contributed by atoms with Gasteiger partial charge in [0.15, 0.2) is 4.05 Å². The van der Waals surface area contributed by atoms with Gasteiger partial charge in [0.05, 0.1) is 0 Å². The van der Waals surface area contributed by atoms with E-state index in [0.717, 1.165) is 5.56 Å². The standard InChI is InChI=1S/C10H10INO3/c1-6-2-4-7(5-3-6)9(13)12-8(11)10(14)15/h2-5,8H,1H3,(H,12,13)(H,14,15). The highest BCUT2D eigenvalue weighted by atomic mass is 127. The highest BCUT2D eigenvalue weighted by Crippen LogP contribution is 2.04. The molecule has 1 rings (SSSR count). The van der Waals surface area contributed by atoms with Crippen LogP contribution in [-0.4, -0.2) is 21.0 Å². The minimum atomic E-state index is -1.06. The number of aryl methyl sites for hydroxylation is 1. The molecule has 0 saturated heterocycles. The lowest BCUT2D eigenvalue weighted by atomic mass is 10.1. The number of carboxylic acids is 1. The van der Waals surface area contributed by atoms with Crippen molar-refractivity contribution in [1.29, 1.82) is 0 Å². The van der Waals surface area contributed by atoms with Crippen LogP contribution >= 0.6 is 22.6 Å². The van der Waals surface area contributed by atoms with E-state index in [2.05, 4.69) is 5.32 Å². The van der Waals surface area contributed by atoms with Gasteiger partial charge in [-0.2, -0.15) is 0 Å². The Kier molecular flexibility index (Phi) is 4.07. The van der Waals surface area contributed by atoms with Gasteiger partial charge < -0.3 is 10.4 Å². The Morgan fingerprint density at radius 3 is 2.33 bits per heavy atom. The van der Waals surface area contributed by atoms with Crippen LogP contribution in [0.1, 0.15) is 15.9 Å². The van der Waals surface area contributed by atoms with Crippen molar-refractivity contribution >= 4 is 34.5 Å². The minimum absolute atomic E-state index is 0.378. The molecule has 0 spiro atoms. The first-order valence-electron chi connectivity index (χ1n) is 4.25. The Hall–Kier alpha value is -1.11. The van der Waals surface area contributed by atoms with Gasteiger partial charge in [-0.15, -0.1) is 0 Å². The van der Waals surface area contributed by atoms with Gasteiger partial charge in [0.1, 0.15) is 0 Å². The van der Waals surface area contributed by atoms with E-state index in [0.29, 0.717) is 5.56 Å². The quantitative estimate of drug-likeness (QED) is 0.505. The van der Waals surface area contributed by atoms with Crippen molar-refractivity contribution in [2.24, 2.45) is 0 Å². The van der Waals surface area contributed by atoms with Crippen LogP contribution in [0.5, 0.6) is 0 Å². The van der Waals surface area contributed by atoms with Gasteiger partial charge in [0.25, 0.3) is 5.91 Å². The Morgan fingerprint density at radius 1 is 1.33 bits per heavy atom. The highest BCUT2D eigenvalue weighted by Gasteiger charge is 2.16. The lowest BCUT2D eigenvalue weighted by Gasteiger charge is -2.07. The molecule has 0 heterocycles. The van der Waals surface area contributed by atoms with Crippen LogP contribution in [0.3, 0.4) is 0 Å². The van der Waals surface area contributed by atoms with Crippen LogP contribution < -0.4 is 5.32 Å². The zero-order chi connectivity index (χ0) is 11.4. The summed E-state index contributed by atoms with van der Waals surface area (Å²) in [5, 5.41) is 11.0. The molecule has 0 radical (unpaired) electrons. The average Bonchev–Trinajstić information content (AvgIpc) is 2.18. The van der Waals surface area contributed by atoms with Crippen molar-refractivity contribution in [3.05, 3.63) is 35.4 Å². The van der Waals surface area contributed by atoms with E-state index in [9.17, 15) is 9.59 Å². The van der Waals surface area contributed by atoms with E-state index >= 15 is 0 Å². The van der Waals surface area contributed by atoms with Crippen molar-refractivity contribution in [2.75, 3.05) is 0 Å². The second-order valence-electron chi connectivity index (χ2n) is 3.04. The summed E-state index contributed by atoms with van der Waals surface area (Å²) in [6, 6.07) is 6.93. The molecule has 0 aliphatic heterocycles. The van der Waals surface area contributed by atoms with Gasteiger partial charge in [-0.3, -0.25) is 4.79 Å². The van der Waals surface area contributed by atoms with E-state index in [1.807, 2.05) is 6.92 Å². The van der Waals surface area contributed by atoms with E-state index < -0.39 is 10.0 Å². The third-order valence-electron chi connectivity index (χ3n) is 1.79. The van der Waals surface area contributed by atoms with Gasteiger partial charge in [-0.05, 0) is 41.6 Å². The maximum Gasteiger partial charge on any atom is 0.336 e. The maximum atomic E-state index is 11.5. The van der Waals surface area contributed by atoms with Gasteiger partial charge in [-0.25, -0.2) is 4.79 Å². The van der Waals surface area contributed by atoms with E-state index in [4.69, 9.17) is 5.11 Å². The highest BCUT2D eigenvalue weighted by molar-refractivity contribution is 14.1. The number of aliphatic carboxylic acids is 1. The number of benzene rings is 1. The summed E-state index contributed by atoms with van der Waals surface area (Å²) in [7, 11) is 0. The molecule has 80 valence electrons. The Bertz CT molecular complexity index is 375. The molecule has 0 bridgehead atoms. The monoisotopic (exact) mass is 319 g/mol. The smallest absolute Gasteiger partial charge is 0.336 e. The third-order valence-corrected chi connectivity index (χ3v) is 2.63. The minimum Gasteiger partial charge on any atom is -0.479 e. The summed E-state index contributed by atoms with van der Waals surface area (Å²) in [4.78, 5) is 22.0. The summed E-state index contributed by atoms with van der Waals surface area (Å²) >= 11 is 1.65. The number of carbonyl (C=O) groups is 2. The number of nitrogens with one attached hydrogen (secondary N) is 1. The van der Waals surface area contributed by atoms with E-state index in [1.54, 1.807) is 46.9 Å². The molecule has 0 fully saturated rings. The molecule has 5 heteroatoms. The number of hydrogen-bond donors (Lipinski definition) is 2. The first-order valence-corrected chi connectivity index (χ1v) is 5.49. The molecular formula is C10H10INO3. The Morgan fingerprint density at radius 2 is 1.87 bits per heavy atom. The zero-order valence-electron chi connectivity index (χ0n) is 8.03. The molecule has 1 atom stereocenters. The lowest BCUT2D eigenvalue weighted by molar-refractivity contribution is -0.136. The Labute approximate surface area is 101 Å². The number of hydrogen-bond acceptors (Lipinski definition) is 2. The van der Waals surface area contributed by atoms with Crippen molar-refractivity contribution in [2.45, 2.75) is 11.0 Å². The molecule has 1 amide bonds. The van der Waals surface area contributed by atoms with Crippen LogP contribution in [0.4, 0.5) is 0 Å². The van der Waals surface area contributed by atoms with Crippen LogP contribution in [0.2, 0.25) is 0 Å². The number of carboxylic acid groups (broad SMARTS) is 1. The summed E-state index contributed by atoms with van der Waals surface area (Å²) in [6.45, 7) is 1.92. The maximum absolute atomic E-state index is 11.5. The normalized spacial score (nSPS) is 11.9. The van der Waals surface area contributed by atoms with Crippen LogP contribution in [0, 0.1) is 6.92 Å². The fraction of sp³-hybridized carbons (Fsp3) is 0.200. The van der Waals surface area contributed by atoms with Crippen LogP contribution in [-0.2, 0) is 4.79 Å². The molecule has 2 N–H and O–H groups in total. The number of carbonyl (C=O) groups excluding carboxylic acids is 1. The van der Waals surface area contributed by atoms with Crippen LogP contribution in [0.25, 0.3) is 0 Å². The van der Waals surface area contributed by atoms with Gasteiger partial charge in [-0.1, -0.05) is 17.7 Å². The van der Waals surface area contributed by atoms with Crippen LogP contribution in [0.15, 0.2) is 24.3 Å². The summed E-state index contributed by atoms with van der Waals surface area (Å²) in [5.41, 5.74) is 1.51. The fourth-order valence-electron chi connectivity index (χ4n) is 0.965. The topological polar surface area (TPSA) is 66.4 Å². The predicted octanol–water partition coefficient (Wildman–Crippen LogP) is 1.57. The lowest BCUT2D eigenvalue weighted by Crippen LogP contribution is -2.35. The predicted molar refractivity (Wildman–Crippen MR) is 64.1 cm³/mol. The first kappa shape index (κ1) is 12.0. The largest absolute Gasteiger partial charge is 0.479 e. The first-order chi connectivity index (χ1) is 7.00. The summed E-state index contributed by atoms with van der Waals surface area (Å²) in [6.07, 6.45) is 0. The molecule has 0 aromatic heterocycles. The average molecular weight is 319 g/mol. The molecule has 0 saturated carbocycles. The van der Waals surface area contributed by atoms with E-state index in [1.165, 1.54) is 0 Å². The van der Waals surface area contributed by atoms with Crippen molar-refractivity contribution in [3.8, 4) is 0 Å². The van der Waals surface area contributed by atoms with Gasteiger partial charge in [0.2, 0.25) is 0 Å². The van der Waals surface area contributed by atoms with E-state index in [-0.39, 0.29) is 5.91 Å². The van der Waals surface area contributed by atoms with Gasteiger partial charge in [0, 0.05) is 5.56 Å². The van der Waals surface area contributed by atoms with Gasteiger partial charge >= 0.3 is 5.97 Å². The number of amides is 1. The Balaban J connectivity index is 2.69. The second kappa shape index (κ2) is 5.11. The molecular weight excluding hydrogens is 309 g/mol. The molecule has 15 heavy (non-hydrogen) atoms. The molecule has 4 nitrogen and oxygen atoms in total. The summed E-state index contributed by atoms with van der Waals surface area (Å²) < 4.78 is -0.906. The number of alkyl halides is 1. The summed E-state index contributed by atoms with van der Waals surface area (Å²) in [5.74, 6) is -1.44. The SMILES string of the molecule is Cc1ccc(C(=O)NC(I)C(=O)O)cc1. The molecule has 0 aliphatic rings. The molecule has 1 unspecified atom stereocenters.